The van der Waals surface area contributed by atoms with Crippen LogP contribution < -0.4 is 5.32 Å². The number of aromatic nitrogens is 1. The van der Waals surface area contributed by atoms with E-state index >= 15 is 0 Å². The Morgan fingerprint density at radius 3 is 3.06 bits per heavy atom. The fourth-order valence-electron chi connectivity index (χ4n) is 1.23. The van der Waals surface area contributed by atoms with Crippen LogP contribution in [0.4, 0.5) is 0 Å². The van der Waals surface area contributed by atoms with E-state index in [1.54, 1.807) is 23.5 Å². The lowest BCUT2D eigenvalue weighted by Crippen LogP contribution is -2.22. The number of pyridine rings is 1. The molecule has 0 atom stereocenters. The maximum atomic E-state index is 11.7. The van der Waals surface area contributed by atoms with Gasteiger partial charge in [0.1, 0.15) is 5.15 Å². The van der Waals surface area contributed by atoms with Gasteiger partial charge in [-0.05, 0) is 23.6 Å². The third kappa shape index (κ3) is 2.81. The highest BCUT2D eigenvalue weighted by atomic mass is 35.5. The highest BCUT2D eigenvalue weighted by molar-refractivity contribution is 7.09. The Morgan fingerprint density at radius 1 is 1.50 bits per heavy atom. The molecule has 16 heavy (non-hydrogen) atoms. The molecule has 2 aromatic rings. The zero-order chi connectivity index (χ0) is 11.4. The third-order valence-corrected chi connectivity index (χ3v) is 3.08. The average molecular weight is 253 g/mol. The van der Waals surface area contributed by atoms with E-state index in [9.17, 15) is 4.79 Å². The molecule has 0 unspecified atom stereocenters. The van der Waals surface area contributed by atoms with Crippen LogP contribution in [0.25, 0.3) is 0 Å². The lowest BCUT2D eigenvalue weighted by atomic mass is 10.2. The van der Waals surface area contributed by atoms with E-state index in [0.717, 1.165) is 4.88 Å². The van der Waals surface area contributed by atoms with Gasteiger partial charge >= 0.3 is 0 Å². The summed E-state index contributed by atoms with van der Waals surface area (Å²) in [7, 11) is 0. The van der Waals surface area contributed by atoms with Crippen molar-refractivity contribution in [2.45, 2.75) is 6.54 Å². The molecule has 0 aromatic carbocycles. The number of hydrogen-bond donors (Lipinski definition) is 1. The molecule has 2 rings (SSSR count). The van der Waals surface area contributed by atoms with E-state index in [-0.39, 0.29) is 5.91 Å². The van der Waals surface area contributed by atoms with Gasteiger partial charge in [-0.1, -0.05) is 17.7 Å². The first-order chi connectivity index (χ1) is 7.75. The van der Waals surface area contributed by atoms with Crippen molar-refractivity contribution in [2.24, 2.45) is 0 Å². The summed E-state index contributed by atoms with van der Waals surface area (Å²) in [5.41, 5.74) is 0.525. The second-order valence-electron chi connectivity index (χ2n) is 3.13. The number of thiophene rings is 1. The Kier molecular flexibility index (Phi) is 3.54. The number of hydrogen-bond acceptors (Lipinski definition) is 3. The van der Waals surface area contributed by atoms with Gasteiger partial charge in [-0.15, -0.1) is 11.3 Å². The standard InChI is InChI=1S/C11H9ClN2OS/c12-10-6-8(3-4-13-10)11(15)14-7-9-2-1-5-16-9/h1-6H,7H2,(H,14,15). The molecule has 2 aromatic heterocycles. The Labute approximate surface area is 102 Å². The molecule has 0 spiro atoms. The van der Waals surface area contributed by atoms with E-state index < -0.39 is 0 Å². The largest absolute Gasteiger partial charge is 0.347 e. The highest BCUT2D eigenvalue weighted by Crippen LogP contribution is 2.09. The maximum absolute atomic E-state index is 11.7. The summed E-state index contributed by atoms with van der Waals surface area (Å²) in [6, 6.07) is 7.11. The van der Waals surface area contributed by atoms with Gasteiger partial charge in [0.15, 0.2) is 0 Å². The van der Waals surface area contributed by atoms with E-state index in [4.69, 9.17) is 11.6 Å². The van der Waals surface area contributed by atoms with Gasteiger partial charge in [-0.2, -0.15) is 0 Å². The zero-order valence-electron chi connectivity index (χ0n) is 8.31. The van der Waals surface area contributed by atoms with Gasteiger partial charge in [-0.3, -0.25) is 4.79 Å². The number of rotatable bonds is 3. The first-order valence-corrected chi connectivity index (χ1v) is 5.93. The van der Waals surface area contributed by atoms with Crippen molar-refractivity contribution in [3.63, 3.8) is 0 Å². The monoisotopic (exact) mass is 252 g/mol. The van der Waals surface area contributed by atoms with Gasteiger partial charge in [-0.25, -0.2) is 4.98 Å². The SMILES string of the molecule is O=C(NCc1cccs1)c1ccnc(Cl)c1. The normalized spacial score (nSPS) is 10.1. The number of amides is 1. The molecule has 0 aliphatic heterocycles. The number of carbonyl (C=O) groups is 1. The molecule has 82 valence electrons. The van der Waals surface area contributed by atoms with Crippen molar-refractivity contribution in [3.05, 3.63) is 51.4 Å². The topological polar surface area (TPSA) is 42.0 Å². The van der Waals surface area contributed by atoms with Crippen molar-refractivity contribution in [3.8, 4) is 0 Å². The Hall–Kier alpha value is -1.39. The molecule has 0 saturated heterocycles. The van der Waals surface area contributed by atoms with Crippen LogP contribution in [0.3, 0.4) is 0 Å². The molecular weight excluding hydrogens is 244 g/mol. The molecule has 0 saturated carbocycles. The van der Waals surface area contributed by atoms with Crippen LogP contribution in [0.2, 0.25) is 5.15 Å². The van der Waals surface area contributed by atoms with Crippen LogP contribution in [-0.4, -0.2) is 10.9 Å². The lowest BCUT2D eigenvalue weighted by molar-refractivity contribution is 0.0951. The quantitative estimate of drug-likeness (QED) is 0.854. The summed E-state index contributed by atoms with van der Waals surface area (Å²) in [5.74, 6) is -0.141. The van der Waals surface area contributed by atoms with Gasteiger partial charge in [0.2, 0.25) is 0 Å². The Balaban J connectivity index is 1.98. The fourth-order valence-corrected chi connectivity index (χ4v) is 2.04. The van der Waals surface area contributed by atoms with Crippen molar-refractivity contribution in [2.75, 3.05) is 0 Å². The third-order valence-electron chi connectivity index (χ3n) is 1.99. The van der Waals surface area contributed by atoms with Crippen LogP contribution >= 0.6 is 22.9 Å². The molecule has 3 nitrogen and oxygen atoms in total. The van der Waals surface area contributed by atoms with Gasteiger partial charge < -0.3 is 5.32 Å². The molecule has 0 aliphatic rings. The number of halogens is 1. The van der Waals surface area contributed by atoms with Crippen molar-refractivity contribution in [1.82, 2.24) is 10.3 Å². The molecule has 1 N–H and O–H groups in total. The fraction of sp³-hybridized carbons (Fsp3) is 0.0909. The van der Waals surface area contributed by atoms with E-state index in [0.29, 0.717) is 17.3 Å². The maximum Gasteiger partial charge on any atom is 0.251 e. The summed E-state index contributed by atoms with van der Waals surface area (Å²) in [6.07, 6.45) is 1.52. The van der Waals surface area contributed by atoms with E-state index in [1.165, 1.54) is 6.20 Å². The molecule has 0 radical (unpaired) electrons. The van der Waals surface area contributed by atoms with Crippen molar-refractivity contribution in [1.29, 1.82) is 0 Å². The van der Waals surface area contributed by atoms with E-state index in [1.807, 2.05) is 17.5 Å². The summed E-state index contributed by atoms with van der Waals surface area (Å²) >= 11 is 7.31. The van der Waals surface area contributed by atoms with Crippen molar-refractivity contribution < 1.29 is 4.79 Å². The molecule has 5 heteroatoms. The first kappa shape index (κ1) is 11.1. The molecule has 0 fully saturated rings. The predicted octanol–water partition coefficient (Wildman–Crippen LogP) is 2.73. The van der Waals surface area contributed by atoms with E-state index in [2.05, 4.69) is 10.3 Å². The second-order valence-corrected chi connectivity index (χ2v) is 4.55. The molecule has 0 aliphatic carbocycles. The first-order valence-electron chi connectivity index (χ1n) is 4.68. The Morgan fingerprint density at radius 2 is 2.38 bits per heavy atom. The minimum atomic E-state index is -0.141. The Bertz CT molecular complexity index is 484. The van der Waals surface area contributed by atoms with Gasteiger partial charge in [0.25, 0.3) is 5.91 Å². The molecule has 2 heterocycles. The van der Waals surface area contributed by atoms with Crippen LogP contribution in [0.5, 0.6) is 0 Å². The summed E-state index contributed by atoms with van der Waals surface area (Å²) in [4.78, 5) is 16.6. The molecule has 0 bridgehead atoms. The lowest BCUT2D eigenvalue weighted by Gasteiger charge is -2.03. The number of nitrogens with zero attached hydrogens (tertiary/aromatic N) is 1. The van der Waals surface area contributed by atoms with Crippen LogP contribution in [0.1, 0.15) is 15.2 Å². The second kappa shape index (κ2) is 5.09. The average Bonchev–Trinajstić information content (AvgIpc) is 2.78. The zero-order valence-corrected chi connectivity index (χ0v) is 9.89. The summed E-state index contributed by atoms with van der Waals surface area (Å²) in [6.45, 7) is 0.538. The molecular formula is C11H9ClN2OS. The van der Waals surface area contributed by atoms with Crippen LogP contribution in [0.15, 0.2) is 35.8 Å². The minimum absolute atomic E-state index is 0.141. The van der Waals surface area contributed by atoms with Crippen molar-refractivity contribution >= 4 is 28.8 Å². The van der Waals surface area contributed by atoms with Crippen LogP contribution in [-0.2, 0) is 6.54 Å². The van der Waals surface area contributed by atoms with Gasteiger partial charge in [0, 0.05) is 16.6 Å². The number of carbonyl (C=O) groups excluding carboxylic acids is 1. The number of nitrogens with one attached hydrogen (secondary N) is 1. The summed E-state index contributed by atoms with van der Waals surface area (Å²) in [5, 5.41) is 5.11. The minimum Gasteiger partial charge on any atom is -0.347 e. The van der Waals surface area contributed by atoms with Crippen LogP contribution in [0, 0.1) is 0 Å². The highest BCUT2D eigenvalue weighted by Gasteiger charge is 2.05. The smallest absolute Gasteiger partial charge is 0.251 e. The predicted molar refractivity (Wildman–Crippen MR) is 64.7 cm³/mol. The summed E-state index contributed by atoms with van der Waals surface area (Å²) < 4.78 is 0. The van der Waals surface area contributed by atoms with Gasteiger partial charge in [0.05, 0.1) is 6.54 Å². The molecule has 1 amide bonds.